The standard InChI is InChI=1S/C12H19F3N6S.HI/c1-16-10(20-7-8-22-2)18-5-6-19-11-17-4-3-9(21-11)12(13,14)15;/h3-4H,5-8H2,1-2H3,(H2,16,18,20)(H,17,19,21);1H. The lowest BCUT2D eigenvalue weighted by Crippen LogP contribution is -2.40. The van der Waals surface area contributed by atoms with Gasteiger partial charge in [0.1, 0.15) is 5.69 Å². The van der Waals surface area contributed by atoms with Crippen molar-refractivity contribution in [2.75, 3.05) is 44.0 Å². The van der Waals surface area contributed by atoms with Crippen LogP contribution in [-0.4, -0.2) is 54.6 Å². The van der Waals surface area contributed by atoms with Crippen LogP contribution < -0.4 is 16.0 Å². The Morgan fingerprint density at radius 2 is 1.96 bits per heavy atom. The van der Waals surface area contributed by atoms with Crippen LogP contribution in [0.3, 0.4) is 0 Å². The van der Waals surface area contributed by atoms with E-state index in [1.165, 1.54) is 0 Å². The molecule has 0 atom stereocenters. The van der Waals surface area contributed by atoms with E-state index in [9.17, 15) is 13.2 Å². The van der Waals surface area contributed by atoms with Gasteiger partial charge in [-0.15, -0.1) is 24.0 Å². The summed E-state index contributed by atoms with van der Waals surface area (Å²) >= 11 is 1.72. The average Bonchev–Trinajstić information content (AvgIpc) is 2.49. The van der Waals surface area contributed by atoms with Crippen molar-refractivity contribution in [1.82, 2.24) is 20.6 Å². The van der Waals surface area contributed by atoms with Crippen LogP contribution in [0, 0.1) is 0 Å². The average molecular weight is 464 g/mol. The Morgan fingerprint density at radius 3 is 2.57 bits per heavy atom. The lowest BCUT2D eigenvalue weighted by atomic mass is 10.4. The number of halogens is 4. The second kappa shape index (κ2) is 11.5. The summed E-state index contributed by atoms with van der Waals surface area (Å²) in [4.78, 5) is 11.2. The van der Waals surface area contributed by atoms with Crippen LogP contribution in [0.2, 0.25) is 0 Å². The van der Waals surface area contributed by atoms with Crippen LogP contribution in [0.25, 0.3) is 0 Å². The molecule has 0 bridgehead atoms. The maximum Gasteiger partial charge on any atom is 0.433 e. The van der Waals surface area contributed by atoms with E-state index >= 15 is 0 Å². The fraction of sp³-hybridized carbons (Fsp3) is 0.583. The summed E-state index contributed by atoms with van der Waals surface area (Å²) in [5, 5.41) is 8.87. The van der Waals surface area contributed by atoms with Gasteiger partial charge in [-0.2, -0.15) is 24.9 Å². The van der Waals surface area contributed by atoms with Gasteiger partial charge in [-0.1, -0.05) is 0 Å². The molecule has 1 rings (SSSR count). The number of rotatable bonds is 7. The quantitative estimate of drug-likeness (QED) is 0.248. The normalized spacial score (nSPS) is 11.6. The number of thioether (sulfide) groups is 1. The van der Waals surface area contributed by atoms with Crippen molar-refractivity contribution in [2.45, 2.75) is 6.18 Å². The monoisotopic (exact) mass is 464 g/mol. The van der Waals surface area contributed by atoms with E-state index in [-0.39, 0.29) is 29.9 Å². The second-order valence-electron chi connectivity index (χ2n) is 4.11. The van der Waals surface area contributed by atoms with Gasteiger partial charge < -0.3 is 16.0 Å². The van der Waals surface area contributed by atoms with Crippen LogP contribution in [0.1, 0.15) is 5.69 Å². The molecule has 23 heavy (non-hydrogen) atoms. The molecule has 0 aromatic carbocycles. The molecule has 132 valence electrons. The molecule has 0 spiro atoms. The predicted octanol–water partition coefficient (Wildman–Crippen LogP) is 2.05. The molecule has 0 aliphatic rings. The van der Waals surface area contributed by atoms with Gasteiger partial charge in [0, 0.05) is 38.6 Å². The van der Waals surface area contributed by atoms with Crippen molar-refractivity contribution in [3.63, 3.8) is 0 Å². The maximum atomic E-state index is 12.5. The Hall–Kier alpha value is -0.980. The molecular weight excluding hydrogens is 444 g/mol. The summed E-state index contributed by atoms with van der Waals surface area (Å²) in [5.74, 6) is 1.54. The number of anilines is 1. The van der Waals surface area contributed by atoms with Gasteiger partial charge in [-0.05, 0) is 12.3 Å². The highest BCUT2D eigenvalue weighted by Gasteiger charge is 2.32. The number of hydrogen-bond acceptors (Lipinski definition) is 5. The molecule has 0 saturated heterocycles. The molecule has 1 heterocycles. The molecule has 0 amide bonds. The zero-order chi connectivity index (χ0) is 16.4. The number of guanidine groups is 1. The van der Waals surface area contributed by atoms with Crippen LogP contribution in [-0.2, 0) is 6.18 Å². The first-order chi connectivity index (χ1) is 10.5. The Balaban J connectivity index is 0.00000484. The first kappa shape index (κ1) is 22.0. The number of alkyl halides is 3. The number of aliphatic imine (C=N–C) groups is 1. The topological polar surface area (TPSA) is 74.2 Å². The third kappa shape index (κ3) is 9.03. The molecular formula is C12H20F3IN6S. The predicted molar refractivity (Wildman–Crippen MR) is 98.7 cm³/mol. The van der Waals surface area contributed by atoms with E-state index in [0.29, 0.717) is 19.0 Å². The first-order valence-electron chi connectivity index (χ1n) is 6.55. The summed E-state index contributed by atoms with van der Waals surface area (Å²) in [6.07, 6.45) is -1.38. The summed E-state index contributed by atoms with van der Waals surface area (Å²) in [5.41, 5.74) is -0.965. The van der Waals surface area contributed by atoms with Gasteiger partial charge >= 0.3 is 6.18 Å². The van der Waals surface area contributed by atoms with Gasteiger partial charge in [-0.25, -0.2) is 9.97 Å². The largest absolute Gasteiger partial charge is 0.433 e. The molecule has 0 aliphatic heterocycles. The SMILES string of the molecule is CN=C(NCCNc1nccc(C(F)(F)F)n1)NCCSC.I. The molecule has 1 aromatic rings. The van der Waals surface area contributed by atoms with Crippen LogP contribution >= 0.6 is 35.7 Å². The number of nitrogens with zero attached hydrogens (tertiary/aromatic N) is 3. The van der Waals surface area contributed by atoms with E-state index in [4.69, 9.17) is 0 Å². The van der Waals surface area contributed by atoms with Gasteiger partial charge in [0.05, 0.1) is 0 Å². The zero-order valence-electron chi connectivity index (χ0n) is 12.8. The fourth-order valence-corrected chi connectivity index (χ4v) is 1.76. The Bertz CT molecular complexity index is 486. The van der Waals surface area contributed by atoms with Gasteiger partial charge in [0.25, 0.3) is 0 Å². The molecule has 0 aliphatic carbocycles. The molecule has 3 N–H and O–H groups in total. The summed E-state index contributed by atoms with van der Waals surface area (Å²) < 4.78 is 37.5. The van der Waals surface area contributed by atoms with Crippen molar-refractivity contribution in [3.8, 4) is 0 Å². The third-order valence-corrected chi connectivity index (χ3v) is 3.08. The maximum absolute atomic E-state index is 12.5. The lowest BCUT2D eigenvalue weighted by Gasteiger charge is -2.12. The molecule has 6 nitrogen and oxygen atoms in total. The molecule has 0 fully saturated rings. The van der Waals surface area contributed by atoms with E-state index in [0.717, 1.165) is 24.6 Å². The minimum absolute atomic E-state index is 0. The minimum atomic E-state index is -4.47. The number of nitrogens with one attached hydrogen (secondary N) is 3. The van der Waals surface area contributed by atoms with Crippen molar-refractivity contribution < 1.29 is 13.2 Å². The molecule has 1 aromatic heterocycles. The van der Waals surface area contributed by atoms with E-state index in [2.05, 4.69) is 30.9 Å². The highest BCUT2D eigenvalue weighted by atomic mass is 127. The van der Waals surface area contributed by atoms with E-state index in [1.807, 2.05) is 6.26 Å². The van der Waals surface area contributed by atoms with Gasteiger partial charge in [0.15, 0.2) is 5.96 Å². The summed E-state index contributed by atoms with van der Waals surface area (Å²) in [6.45, 7) is 1.62. The molecule has 0 radical (unpaired) electrons. The molecule has 0 unspecified atom stereocenters. The fourth-order valence-electron chi connectivity index (χ4n) is 1.45. The van der Waals surface area contributed by atoms with Crippen LogP contribution in [0.5, 0.6) is 0 Å². The van der Waals surface area contributed by atoms with Gasteiger partial charge in [0.2, 0.25) is 5.95 Å². The van der Waals surface area contributed by atoms with Crippen molar-refractivity contribution >= 4 is 47.6 Å². The van der Waals surface area contributed by atoms with Gasteiger partial charge in [-0.3, -0.25) is 4.99 Å². The smallest absolute Gasteiger partial charge is 0.356 e. The van der Waals surface area contributed by atoms with Crippen LogP contribution in [0.15, 0.2) is 17.3 Å². The first-order valence-corrected chi connectivity index (χ1v) is 7.94. The molecule has 11 heteroatoms. The van der Waals surface area contributed by atoms with Crippen molar-refractivity contribution in [3.05, 3.63) is 18.0 Å². The second-order valence-corrected chi connectivity index (χ2v) is 5.09. The van der Waals surface area contributed by atoms with Crippen molar-refractivity contribution in [1.29, 1.82) is 0 Å². The Labute approximate surface area is 154 Å². The highest BCUT2D eigenvalue weighted by Crippen LogP contribution is 2.27. The number of hydrogen-bond donors (Lipinski definition) is 3. The zero-order valence-corrected chi connectivity index (χ0v) is 15.9. The van der Waals surface area contributed by atoms with E-state index < -0.39 is 11.9 Å². The van der Waals surface area contributed by atoms with E-state index in [1.54, 1.807) is 18.8 Å². The lowest BCUT2D eigenvalue weighted by molar-refractivity contribution is -0.141. The Morgan fingerprint density at radius 1 is 1.26 bits per heavy atom. The third-order valence-electron chi connectivity index (χ3n) is 2.47. The minimum Gasteiger partial charge on any atom is -0.356 e. The summed E-state index contributed by atoms with van der Waals surface area (Å²) in [7, 11) is 1.65. The number of aromatic nitrogens is 2. The van der Waals surface area contributed by atoms with Crippen molar-refractivity contribution in [2.24, 2.45) is 4.99 Å². The highest BCUT2D eigenvalue weighted by molar-refractivity contribution is 14.0. The Kier molecular flexibility index (Phi) is 11.0. The molecule has 0 saturated carbocycles. The van der Waals surface area contributed by atoms with Crippen LogP contribution in [0.4, 0.5) is 19.1 Å². The summed E-state index contributed by atoms with van der Waals surface area (Å²) in [6, 6.07) is 0.834.